The number of nitrogens with zero attached hydrogens (tertiary/aromatic N) is 4. The summed E-state index contributed by atoms with van der Waals surface area (Å²) in [6.07, 6.45) is 9.35. The Kier molecular flexibility index (Phi) is 5.45. The van der Waals surface area contributed by atoms with Crippen LogP contribution in [0.25, 0.3) is 17.0 Å². The molecule has 3 rings (SSSR count). The van der Waals surface area contributed by atoms with Gasteiger partial charge in [-0.05, 0) is 23.8 Å². The molecule has 1 aromatic carbocycles. The van der Waals surface area contributed by atoms with Crippen LogP contribution in [-0.4, -0.2) is 27.4 Å². The molecule has 0 spiro atoms. The van der Waals surface area contributed by atoms with E-state index in [0.717, 1.165) is 22.0 Å². The number of rotatable bonds is 6. The van der Waals surface area contributed by atoms with Crippen LogP contribution in [-0.2, 0) is 17.9 Å². The van der Waals surface area contributed by atoms with E-state index < -0.39 is 0 Å². The Labute approximate surface area is 152 Å². The third-order valence-electron chi connectivity index (χ3n) is 4.21. The van der Waals surface area contributed by atoms with Crippen molar-refractivity contribution in [1.82, 2.24) is 14.5 Å². The molecule has 0 radical (unpaired) electrons. The number of likely N-dealkylation sites (N-methyl/N-ethyl adjacent to an activating group) is 1. The molecule has 3 aromatic rings. The molecule has 0 aliphatic rings. The summed E-state index contributed by atoms with van der Waals surface area (Å²) in [6, 6.07) is 14.0. The van der Waals surface area contributed by atoms with E-state index in [9.17, 15) is 4.79 Å². The van der Waals surface area contributed by atoms with E-state index in [-0.39, 0.29) is 5.91 Å². The van der Waals surface area contributed by atoms with E-state index in [1.807, 2.05) is 48.7 Å². The molecule has 0 aliphatic carbocycles. The zero-order valence-corrected chi connectivity index (χ0v) is 14.7. The summed E-state index contributed by atoms with van der Waals surface area (Å²) in [5, 5.41) is 9.91. The van der Waals surface area contributed by atoms with Crippen molar-refractivity contribution < 1.29 is 4.79 Å². The largest absolute Gasteiger partial charge is 0.346 e. The minimum atomic E-state index is -0.0669. The highest BCUT2D eigenvalue weighted by Gasteiger charge is 2.08. The summed E-state index contributed by atoms with van der Waals surface area (Å²) < 4.78 is 2.06. The molecule has 5 heteroatoms. The van der Waals surface area contributed by atoms with Gasteiger partial charge in [0.1, 0.15) is 0 Å². The lowest BCUT2D eigenvalue weighted by atomic mass is 10.1. The maximum atomic E-state index is 12.4. The number of aryl methyl sites for hydroxylation is 1. The van der Waals surface area contributed by atoms with Crippen molar-refractivity contribution in [3.63, 3.8) is 0 Å². The smallest absolute Gasteiger partial charge is 0.246 e. The fourth-order valence-electron chi connectivity index (χ4n) is 2.90. The van der Waals surface area contributed by atoms with Crippen molar-refractivity contribution in [3.05, 3.63) is 72.2 Å². The molecule has 1 amide bonds. The number of para-hydroxylation sites is 1. The quantitative estimate of drug-likeness (QED) is 0.642. The van der Waals surface area contributed by atoms with Gasteiger partial charge in [0.2, 0.25) is 5.91 Å². The molecule has 0 saturated carbocycles. The zero-order valence-electron chi connectivity index (χ0n) is 14.7. The average Bonchev–Trinajstić information content (AvgIpc) is 3.03. The number of benzene rings is 1. The molecule has 0 N–H and O–H groups in total. The first-order valence-electron chi connectivity index (χ1n) is 8.46. The second kappa shape index (κ2) is 8.13. The van der Waals surface area contributed by atoms with Crippen molar-refractivity contribution in [3.8, 4) is 6.07 Å². The fraction of sp³-hybridized carbons (Fsp3) is 0.190. The van der Waals surface area contributed by atoms with Gasteiger partial charge in [-0.1, -0.05) is 24.3 Å². The normalized spacial score (nSPS) is 10.9. The standard InChI is InChI=1S/C21H20N4O/c1-24(15-17-6-4-12-23-14-17)21(26)10-9-18-16-25(13-5-11-22)20-8-3-2-7-19(18)20/h2-4,6-10,12,14,16H,5,13,15H2,1H3. The predicted octanol–water partition coefficient (Wildman–Crippen LogP) is 3.62. The molecule has 2 heterocycles. The van der Waals surface area contributed by atoms with E-state index in [2.05, 4.69) is 15.6 Å². The Balaban J connectivity index is 1.77. The second-order valence-electron chi connectivity index (χ2n) is 6.09. The summed E-state index contributed by atoms with van der Waals surface area (Å²) >= 11 is 0. The van der Waals surface area contributed by atoms with E-state index in [0.29, 0.717) is 19.5 Å². The first-order chi connectivity index (χ1) is 12.7. The number of hydrogen-bond donors (Lipinski definition) is 0. The molecule has 0 fully saturated rings. The van der Waals surface area contributed by atoms with Crippen LogP contribution in [0.1, 0.15) is 17.5 Å². The molecule has 26 heavy (non-hydrogen) atoms. The van der Waals surface area contributed by atoms with Gasteiger partial charge in [-0.2, -0.15) is 5.26 Å². The first kappa shape index (κ1) is 17.4. The highest BCUT2D eigenvalue weighted by Crippen LogP contribution is 2.23. The Morgan fingerprint density at radius 3 is 2.92 bits per heavy atom. The number of pyridine rings is 1. The van der Waals surface area contributed by atoms with Gasteiger partial charge in [0.15, 0.2) is 0 Å². The molecule has 130 valence electrons. The van der Waals surface area contributed by atoms with Crippen LogP contribution in [0.15, 0.2) is 61.1 Å². The Hall–Kier alpha value is -3.39. The van der Waals surface area contributed by atoms with Crippen LogP contribution in [0.3, 0.4) is 0 Å². The number of fused-ring (bicyclic) bond motifs is 1. The van der Waals surface area contributed by atoms with Crippen molar-refractivity contribution in [2.75, 3.05) is 7.05 Å². The number of hydrogen-bond acceptors (Lipinski definition) is 3. The van der Waals surface area contributed by atoms with Crippen LogP contribution >= 0.6 is 0 Å². The molecule has 0 atom stereocenters. The molecule has 5 nitrogen and oxygen atoms in total. The Bertz CT molecular complexity index is 967. The number of carbonyl (C=O) groups is 1. The van der Waals surface area contributed by atoms with Gasteiger partial charge in [-0.25, -0.2) is 0 Å². The fourth-order valence-corrected chi connectivity index (χ4v) is 2.90. The molecule has 0 unspecified atom stereocenters. The highest BCUT2D eigenvalue weighted by molar-refractivity contribution is 5.96. The number of aromatic nitrogens is 2. The first-order valence-corrected chi connectivity index (χ1v) is 8.46. The van der Waals surface area contributed by atoms with Crippen molar-refractivity contribution in [2.45, 2.75) is 19.5 Å². The van der Waals surface area contributed by atoms with Crippen molar-refractivity contribution in [1.29, 1.82) is 5.26 Å². The number of nitriles is 1. The van der Waals surface area contributed by atoms with E-state index in [4.69, 9.17) is 5.26 Å². The van der Waals surface area contributed by atoms with Gasteiger partial charge < -0.3 is 9.47 Å². The molecule has 0 bridgehead atoms. The third-order valence-corrected chi connectivity index (χ3v) is 4.21. The Morgan fingerprint density at radius 1 is 1.31 bits per heavy atom. The van der Waals surface area contributed by atoms with Gasteiger partial charge in [-0.15, -0.1) is 0 Å². The van der Waals surface area contributed by atoms with E-state index in [1.165, 1.54) is 0 Å². The maximum Gasteiger partial charge on any atom is 0.246 e. The van der Waals surface area contributed by atoms with Crippen LogP contribution in [0, 0.1) is 11.3 Å². The molecule has 0 aliphatic heterocycles. The molecule has 0 saturated heterocycles. The number of amides is 1. The third kappa shape index (κ3) is 3.98. The molecular formula is C21H20N4O. The number of carbonyl (C=O) groups excluding carboxylic acids is 1. The maximum absolute atomic E-state index is 12.4. The van der Waals surface area contributed by atoms with E-state index >= 15 is 0 Å². The lowest BCUT2D eigenvalue weighted by Gasteiger charge is -2.14. The summed E-state index contributed by atoms with van der Waals surface area (Å²) in [5.41, 5.74) is 3.03. The van der Waals surface area contributed by atoms with E-state index in [1.54, 1.807) is 30.4 Å². The second-order valence-corrected chi connectivity index (χ2v) is 6.09. The lowest BCUT2D eigenvalue weighted by molar-refractivity contribution is -0.125. The zero-order chi connectivity index (χ0) is 18.4. The average molecular weight is 344 g/mol. The van der Waals surface area contributed by atoms with Crippen molar-refractivity contribution in [2.24, 2.45) is 0 Å². The molecular weight excluding hydrogens is 324 g/mol. The summed E-state index contributed by atoms with van der Waals surface area (Å²) in [6.45, 7) is 1.15. The van der Waals surface area contributed by atoms with Gasteiger partial charge in [0.25, 0.3) is 0 Å². The van der Waals surface area contributed by atoms with Crippen LogP contribution < -0.4 is 0 Å². The summed E-state index contributed by atoms with van der Waals surface area (Å²) in [5.74, 6) is -0.0669. The topological polar surface area (TPSA) is 61.9 Å². The monoisotopic (exact) mass is 344 g/mol. The minimum absolute atomic E-state index is 0.0669. The predicted molar refractivity (Wildman–Crippen MR) is 102 cm³/mol. The van der Waals surface area contributed by atoms with Gasteiger partial charge in [0, 0.05) is 61.3 Å². The van der Waals surface area contributed by atoms with Gasteiger partial charge >= 0.3 is 0 Å². The van der Waals surface area contributed by atoms with Crippen LogP contribution in [0.4, 0.5) is 0 Å². The minimum Gasteiger partial charge on any atom is -0.346 e. The van der Waals surface area contributed by atoms with Crippen molar-refractivity contribution >= 4 is 22.9 Å². The SMILES string of the molecule is CN(Cc1cccnc1)C(=O)C=Cc1cn(CCC#N)c2ccccc12. The highest BCUT2D eigenvalue weighted by atomic mass is 16.2. The lowest BCUT2D eigenvalue weighted by Crippen LogP contribution is -2.24. The summed E-state index contributed by atoms with van der Waals surface area (Å²) in [7, 11) is 1.77. The summed E-state index contributed by atoms with van der Waals surface area (Å²) in [4.78, 5) is 18.1. The van der Waals surface area contributed by atoms with Gasteiger partial charge in [-0.3, -0.25) is 9.78 Å². The molecule has 2 aromatic heterocycles. The van der Waals surface area contributed by atoms with Gasteiger partial charge in [0.05, 0.1) is 12.5 Å². The Morgan fingerprint density at radius 2 is 2.15 bits per heavy atom. The van der Waals surface area contributed by atoms with Crippen LogP contribution in [0.2, 0.25) is 0 Å². The van der Waals surface area contributed by atoms with Crippen LogP contribution in [0.5, 0.6) is 0 Å².